The summed E-state index contributed by atoms with van der Waals surface area (Å²) < 4.78 is 1.72. The molecule has 17 heavy (non-hydrogen) atoms. The molecule has 0 radical (unpaired) electrons. The average Bonchev–Trinajstić information content (AvgIpc) is 2.77. The number of carbonyl (C=O) groups excluding carboxylic acids is 1. The van der Waals surface area contributed by atoms with Crippen molar-refractivity contribution in [3.63, 3.8) is 0 Å². The molecule has 0 aliphatic carbocycles. The Balaban J connectivity index is 2.14. The van der Waals surface area contributed by atoms with Crippen molar-refractivity contribution in [3.05, 3.63) is 41.4 Å². The van der Waals surface area contributed by atoms with E-state index in [-0.39, 0.29) is 5.91 Å². The lowest BCUT2D eigenvalue weighted by Crippen LogP contribution is -2.12. The SMILES string of the molecule is CCn1cc(NC(=O)c2cnccc2Cl)cn1. The summed E-state index contributed by atoms with van der Waals surface area (Å²) in [6, 6.07) is 1.58. The van der Waals surface area contributed by atoms with Gasteiger partial charge in [-0.05, 0) is 13.0 Å². The molecular weight excluding hydrogens is 240 g/mol. The molecule has 1 amide bonds. The first kappa shape index (κ1) is 11.6. The van der Waals surface area contributed by atoms with Gasteiger partial charge in [0.15, 0.2) is 0 Å². The van der Waals surface area contributed by atoms with Gasteiger partial charge < -0.3 is 5.32 Å². The number of nitrogens with one attached hydrogen (secondary N) is 1. The molecule has 1 N–H and O–H groups in total. The first-order chi connectivity index (χ1) is 8.20. The zero-order chi connectivity index (χ0) is 12.3. The molecule has 0 bridgehead atoms. The minimum absolute atomic E-state index is 0.293. The molecule has 0 unspecified atom stereocenters. The van der Waals surface area contributed by atoms with Crippen LogP contribution in [0.2, 0.25) is 5.02 Å². The second-order valence-corrected chi connectivity index (χ2v) is 3.80. The molecule has 0 aliphatic heterocycles. The third kappa shape index (κ3) is 2.62. The topological polar surface area (TPSA) is 59.8 Å². The maximum Gasteiger partial charge on any atom is 0.258 e. The van der Waals surface area contributed by atoms with Gasteiger partial charge in [-0.2, -0.15) is 5.10 Å². The molecule has 0 saturated heterocycles. The molecular formula is C11H11ClN4O. The zero-order valence-electron chi connectivity index (χ0n) is 9.22. The summed E-state index contributed by atoms with van der Waals surface area (Å²) in [4.78, 5) is 15.7. The van der Waals surface area contributed by atoms with Gasteiger partial charge in [0.25, 0.3) is 5.91 Å². The van der Waals surface area contributed by atoms with E-state index in [1.165, 1.54) is 12.4 Å². The minimum Gasteiger partial charge on any atom is -0.319 e. The Labute approximate surface area is 103 Å². The van der Waals surface area contributed by atoms with E-state index in [9.17, 15) is 4.79 Å². The predicted molar refractivity (Wildman–Crippen MR) is 65.1 cm³/mol. The minimum atomic E-state index is -0.293. The number of pyridine rings is 1. The third-order valence-electron chi connectivity index (χ3n) is 2.23. The number of hydrogen-bond acceptors (Lipinski definition) is 3. The van der Waals surface area contributed by atoms with Gasteiger partial charge in [0.05, 0.1) is 22.5 Å². The summed E-state index contributed by atoms with van der Waals surface area (Å²) in [5.74, 6) is -0.293. The van der Waals surface area contributed by atoms with Gasteiger partial charge in [0.2, 0.25) is 0 Å². The van der Waals surface area contributed by atoms with Crippen molar-refractivity contribution in [2.24, 2.45) is 0 Å². The molecule has 0 aliphatic rings. The van der Waals surface area contributed by atoms with Gasteiger partial charge in [0.1, 0.15) is 0 Å². The Bertz CT molecular complexity index is 538. The van der Waals surface area contributed by atoms with E-state index < -0.39 is 0 Å². The largest absolute Gasteiger partial charge is 0.319 e. The van der Waals surface area contributed by atoms with Gasteiger partial charge in [-0.1, -0.05) is 11.6 Å². The van der Waals surface area contributed by atoms with Crippen LogP contribution in [0.3, 0.4) is 0 Å². The van der Waals surface area contributed by atoms with Crippen LogP contribution in [-0.2, 0) is 6.54 Å². The van der Waals surface area contributed by atoms with Crippen LogP contribution in [0, 0.1) is 0 Å². The molecule has 0 aromatic carbocycles. The van der Waals surface area contributed by atoms with Crippen LogP contribution in [0.4, 0.5) is 5.69 Å². The molecule has 0 saturated carbocycles. The van der Waals surface area contributed by atoms with Crippen molar-refractivity contribution in [2.75, 3.05) is 5.32 Å². The van der Waals surface area contributed by atoms with E-state index in [2.05, 4.69) is 15.4 Å². The summed E-state index contributed by atoms with van der Waals surface area (Å²) in [7, 11) is 0. The Morgan fingerprint density at radius 2 is 2.35 bits per heavy atom. The smallest absolute Gasteiger partial charge is 0.258 e. The fourth-order valence-corrected chi connectivity index (χ4v) is 1.54. The summed E-state index contributed by atoms with van der Waals surface area (Å²) in [6.45, 7) is 2.72. The first-order valence-corrected chi connectivity index (χ1v) is 5.52. The maximum atomic E-state index is 11.9. The van der Waals surface area contributed by atoms with Crippen LogP contribution < -0.4 is 5.32 Å². The number of rotatable bonds is 3. The quantitative estimate of drug-likeness (QED) is 0.909. The number of amides is 1. The van der Waals surface area contributed by atoms with Crippen molar-refractivity contribution < 1.29 is 4.79 Å². The monoisotopic (exact) mass is 250 g/mol. The van der Waals surface area contributed by atoms with Crippen molar-refractivity contribution >= 4 is 23.2 Å². The molecule has 88 valence electrons. The molecule has 0 fully saturated rings. The fourth-order valence-electron chi connectivity index (χ4n) is 1.34. The van der Waals surface area contributed by atoms with Gasteiger partial charge in [-0.15, -0.1) is 0 Å². The van der Waals surface area contributed by atoms with Crippen molar-refractivity contribution in [1.82, 2.24) is 14.8 Å². The lowest BCUT2D eigenvalue weighted by Gasteiger charge is -2.03. The number of aryl methyl sites for hydroxylation is 1. The standard InChI is InChI=1S/C11H11ClN4O/c1-2-16-7-8(5-14-16)15-11(17)9-6-13-4-3-10(9)12/h3-7H,2H2,1H3,(H,15,17). The highest BCUT2D eigenvalue weighted by atomic mass is 35.5. The van der Waals surface area contributed by atoms with E-state index in [0.29, 0.717) is 16.3 Å². The van der Waals surface area contributed by atoms with Crippen molar-refractivity contribution in [2.45, 2.75) is 13.5 Å². The maximum absolute atomic E-state index is 11.9. The lowest BCUT2D eigenvalue weighted by atomic mass is 10.2. The number of aromatic nitrogens is 3. The molecule has 5 nitrogen and oxygen atoms in total. The van der Waals surface area contributed by atoms with Gasteiger partial charge in [-0.3, -0.25) is 14.5 Å². The van der Waals surface area contributed by atoms with E-state index >= 15 is 0 Å². The second kappa shape index (κ2) is 4.97. The van der Waals surface area contributed by atoms with Crippen LogP contribution >= 0.6 is 11.6 Å². The Kier molecular flexibility index (Phi) is 3.39. The molecule has 2 heterocycles. The van der Waals surface area contributed by atoms with Crippen LogP contribution in [0.15, 0.2) is 30.9 Å². The number of halogens is 1. The Morgan fingerprint density at radius 3 is 3.00 bits per heavy atom. The zero-order valence-corrected chi connectivity index (χ0v) is 9.98. The van der Waals surface area contributed by atoms with E-state index in [1.54, 1.807) is 23.1 Å². The summed E-state index contributed by atoms with van der Waals surface area (Å²) in [5, 5.41) is 7.14. The second-order valence-electron chi connectivity index (χ2n) is 3.39. The van der Waals surface area contributed by atoms with E-state index in [4.69, 9.17) is 11.6 Å². The summed E-state index contributed by atoms with van der Waals surface area (Å²) in [6.07, 6.45) is 6.31. The van der Waals surface area contributed by atoms with Crippen LogP contribution in [-0.4, -0.2) is 20.7 Å². The van der Waals surface area contributed by atoms with Gasteiger partial charge >= 0.3 is 0 Å². The Hall–Kier alpha value is -1.88. The van der Waals surface area contributed by atoms with Crippen LogP contribution in [0.1, 0.15) is 17.3 Å². The highest BCUT2D eigenvalue weighted by Gasteiger charge is 2.11. The number of nitrogens with zero attached hydrogens (tertiary/aromatic N) is 3. The molecule has 0 spiro atoms. The molecule has 2 rings (SSSR count). The molecule has 2 aromatic rings. The average molecular weight is 251 g/mol. The summed E-state index contributed by atoms with van der Waals surface area (Å²) >= 11 is 5.90. The lowest BCUT2D eigenvalue weighted by molar-refractivity contribution is 0.102. The number of anilines is 1. The highest BCUT2D eigenvalue weighted by Crippen LogP contribution is 2.15. The van der Waals surface area contributed by atoms with Crippen molar-refractivity contribution in [3.8, 4) is 0 Å². The van der Waals surface area contributed by atoms with Crippen LogP contribution in [0.25, 0.3) is 0 Å². The van der Waals surface area contributed by atoms with Crippen molar-refractivity contribution in [1.29, 1.82) is 0 Å². The Morgan fingerprint density at radius 1 is 1.53 bits per heavy atom. The normalized spacial score (nSPS) is 10.2. The molecule has 6 heteroatoms. The predicted octanol–water partition coefficient (Wildman–Crippen LogP) is 2.20. The van der Waals surface area contributed by atoms with E-state index in [0.717, 1.165) is 6.54 Å². The first-order valence-electron chi connectivity index (χ1n) is 5.14. The summed E-state index contributed by atoms with van der Waals surface area (Å²) in [5.41, 5.74) is 0.982. The van der Waals surface area contributed by atoms with Crippen LogP contribution in [0.5, 0.6) is 0 Å². The van der Waals surface area contributed by atoms with Gasteiger partial charge in [-0.25, -0.2) is 0 Å². The molecule has 0 atom stereocenters. The fraction of sp³-hybridized carbons (Fsp3) is 0.182. The van der Waals surface area contributed by atoms with Gasteiger partial charge in [0, 0.05) is 25.1 Å². The van der Waals surface area contributed by atoms with E-state index in [1.807, 2.05) is 6.92 Å². The number of carbonyl (C=O) groups is 1. The number of hydrogen-bond donors (Lipinski definition) is 1. The highest BCUT2D eigenvalue weighted by molar-refractivity contribution is 6.34. The molecule has 2 aromatic heterocycles. The third-order valence-corrected chi connectivity index (χ3v) is 2.56.